The lowest BCUT2D eigenvalue weighted by Gasteiger charge is -2.01. The van der Waals surface area contributed by atoms with Crippen LogP contribution in [0.3, 0.4) is 0 Å². The molecule has 0 aliphatic heterocycles. The van der Waals surface area contributed by atoms with Crippen molar-refractivity contribution < 1.29 is 4.79 Å². The molecule has 1 aliphatic rings. The summed E-state index contributed by atoms with van der Waals surface area (Å²) < 4.78 is 0. The maximum atomic E-state index is 12.0. The molecule has 0 bridgehead atoms. The minimum absolute atomic E-state index is 0.0164. The minimum atomic E-state index is -0.0164. The molecule has 1 heterocycles. The summed E-state index contributed by atoms with van der Waals surface area (Å²) in [6, 6.07) is 5.98. The number of amides is 1. The summed E-state index contributed by atoms with van der Waals surface area (Å²) >= 11 is 5.96. The second-order valence-electron chi connectivity index (χ2n) is 4.56. The Kier molecular flexibility index (Phi) is 2.37. The van der Waals surface area contributed by atoms with Crippen LogP contribution in [0.5, 0.6) is 0 Å². The second-order valence-corrected chi connectivity index (χ2v) is 5.00. The van der Waals surface area contributed by atoms with E-state index in [0.717, 1.165) is 29.3 Å². The molecule has 17 heavy (non-hydrogen) atoms. The fourth-order valence-corrected chi connectivity index (χ4v) is 2.18. The molecular formula is C13H13ClN2O. The number of aromatic amines is 1. The van der Waals surface area contributed by atoms with Crippen LogP contribution in [0.1, 0.15) is 28.9 Å². The van der Waals surface area contributed by atoms with E-state index >= 15 is 0 Å². The Hall–Kier alpha value is -1.48. The van der Waals surface area contributed by atoms with E-state index in [9.17, 15) is 4.79 Å². The van der Waals surface area contributed by atoms with Crippen LogP contribution in [-0.2, 0) is 0 Å². The van der Waals surface area contributed by atoms with Crippen LogP contribution in [-0.4, -0.2) is 16.9 Å². The van der Waals surface area contributed by atoms with E-state index in [0.29, 0.717) is 16.8 Å². The van der Waals surface area contributed by atoms with Gasteiger partial charge < -0.3 is 10.3 Å². The third kappa shape index (κ3) is 1.91. The number of aromatic nitrogens is 1. The summed E-state index contributed by atoms with van der Waals surface area (Å²) in [5.41, 5.74) is 2.56. The van der Waals surface area contributed by atoms with Gasteiger partial charge in [-0.1, -0.05) is 11.6 Å². The number of fused-ring (bicyclic) bond motifs is 1. The molecule has 0 saturated heterocycles. The highest BCUT2D eigenvalue weighted by molar-refractivity contribution is 6.31. The van der Waals surface area contributed by atoms with Crippen LogP contribution in [0.4, 0.5) is 0 Å². The Labute approximate surface area is 104 Å². The minimum Gasteiger partial charge on any atom is -0.350 e. The number of hydrogen-bond donors (Lipinski definition) is 2. The SMILES string of the molecule is Cc1c(C(=O)NC2CC2)[nH]c2ccc(Cl)cc12. The summed E-state index contributed by atoms with van der Waals surface area (Å²) in [4.78, 5) is 15.1. The fraction of sp³-hybridized carbons (Fsp3) is 0.308. The highest BCUT2D eigenvalue weighted by Gasteiger charge is 2.25. The number of carbonyl (C=O) groups excluding carboxylic acids is 1. The van der Waals surface area contributed by atoms with Crippen molar-refractivity contribution in [1.29, 1.82) is 0 Å². The van der Waals surface area contributed by atoms with Crippen molar-refractivity contribution in [2.75, 3.05) is 0 Å². The fourth-order valence-electron chi connectivity index (χ4n) is 2.01. The first kappa shape index (κ1) is 10.7. The maximum Gasteiger partial charge on any atom is 0.268 e. The van der Waals surface area contributed by atoms with Crippen molar-refractivity contribution in [3.05, 3.63) is 34.5 Å². The molecule has 1 aromatic carbocycles. The number of aryl methyl sites for hydroxylation is 1. The van der Waals surface area contributed by atoms with Crippen molar-refractivity contribution in [2.45, 2.75) is 25.8 Å². The molecular weight excluding hydrogens is 236 g/mol. The lowest BCUT2D eigenvalue weighted by Crippen LogP contribution is -2.26. The maximum absolute atomic E-state index is 12.0. The standard InChI is InChI=1S/C13H13ClN2O/c1-7-10-6-8(14)2-5-11(10)16-12(7)13(17)15-9-3-4-9/h2,5-6,9,16H,3-4H2,1H3,(H,15,17). The molecule has 0 atom stereocenters. The van der Waals surface area contributed by atoms with Gasteiger partial charge in [-0.2, -0.15) is 0 Å². The zero-order valence-electron chi connectivity index (χ0n) is 9.51. The van der Waals surface area contributed by atoms with Gasteiger partial charge in [0.2, 0.25) is 0 Å². The third-order valence-electron chi connectivity index (χ3n) is 3.16. The van der Waals surface area contributed by atoms with Crippen LogP contribution >= 0.6 is 11.6 Å². The Morgan fingerprint density at radius 1 is 1.47 bits per heavy atom. The number of hydrogen-bond acceptors (Lipinski definition) is 1. The van der Waals surface area contributed by atoms with Crippen LogP contribution in [0.15, 0.2) is 18.2 Å². The predicted molar refractivity (Wildman–Crippen MR) is 68.5 cm³/mol. The van der Waals surface area contributed by atoms with E-state index in [1.807, 2.05) is 25.1 Å². The molecule has 0 unspecified atom stereocenters. The lowest BCUT2D eigenvalue weighted by atomic mass is 10.1. The topological polar surface area (TPSA) is 44.9 Å². The summed E-state index contributed by atoms with van der Waals surface area (Å²) in [5.74, 6) is -0.0164. The molecule has 3 nitrogen and oxygen atoms in total. The van der Waals surface area contributed by atoms with Gasteiger partial charge in [0, 0.05) is 22.0 Å². The normalized spacial score (nSPS) is 15.2. The zero-order chi connectivity index (χ0) is 12.0. The molecule has 0 spiro atoms. The Balaban J connectivity index is 2.03. The first-order valence-electron chi connectivity index (χ1n) is 5.74. The number of carbonyl (C=O) groups is 1. The third-order valence-corrected chi connectivity index (χ3v) is 3.40. The molecule has 1 aliphatic carbocycles. The van der Waals surface area contributed by atoms with Gasteiger partial charge in [-0.3, -0.25) is 4.79 Å². The molecule has 88 valence electrons. The molecule has 3 rings (SSSR count). The molecule has 2 N–H and O–H groups in total. The monoisotopic (exact) mass is 248 g/mol. The molecule has 4 heteroatoms. The van der Waals surface area contributed by atoms with Crippen LogP contribution < -0.4 is 5.32 Å². The summed E-state index contributed by atoms with van der Waals surface area (Å²) in [6.45, 7) is 1.94. The predicted octanol–water partition coefficient (Wildman–Crippen LogP) is 3.02. The summed E-state index contributed by atoms with van der Waals surface area (Å²) in [6.07, 6.45) is 2.19. The Morgan fingerprint density at radius 2 is 2.24 bits per heavy atom. The Morgan fingerprint density at radius 3 is 2.94 bits per heavy atom. The van der Waals surface area contributed by atoms with Crippen molar-refractivity contribution in [3.8, 4) is 0 Å². The van der Waals surface area contributed by atoms with Gasteiger partial charge in [0.15, 0.2) is 0 Å². The van der Waals surface area contributed by atoms with Gasteiger partial charge in [0.25, 0.3) is 5.91 Å². The number of halogens is 1. The van der Waals surface area contributed by atoms with Crippen molar-refractivity contribution in [3.63, 3.8) is 0 Å². The van der Waals surface area contributed by atoms with E-state index in [4.69, 9.17) is 11.6 Å². The van der Waals surface area contributed by atoms with Gasteiger partial charge in [-0.25, -0.2) is 0 Å². The first-order valence-corrected chi connectivity index (χ1v) is 6.11. The van der Waals surface area contributed by atoms with Gasteiger partial charge in [-0.15, -0.1) is 0 Å². The smallest absolute Gasteiger partial charge is 0.268 e. The van der Waals surface area contributed by atoms with Crippen LogP contribution in [0.2, 0.25) is 5.02 Å². The quantitative estimate of drug-likeness (QED) is 0.843. The van der Waals surface area contributed by atoms with Crippen LogP contribution in [0.25, 0.3) is 10.9 Å². The van der Waals surface area contributed by atoms with E-state index in [1.165, 1.54) is 0 Å². The average Bonchev–Trinajstić information content (AvgIpc) is 3.04. The molecule has 1 saturated carbocycles. The zero-order valence-corrected chi connectivity index (χ0v) is 10.3. The highest BCUT2D eigenvalue weighted by atomic mass is 35.5. The van der Waals surface area contributed by atoms with Crippen molar-refractivity contribution >= 4 is 28.4 Å². The van der Waals surface area contributed by atoms with Crippen LogP contribution in [0, 0.1) is 6.92 Å². The van der Waals surface area contributed by atoms with E-state index in [-0.39, 0.29) is 5.91 Å². The number of rotatable bonds is 2. The number of nitrogens with one attached hydrogen (secondary N) is 2. The first-order chi connectivity index (χ1) is 8.15. The lowest BCUT2D eigenvalue weighted by molar-refractivity contribution is 0.0946. The number of H-pyrrole nitrogens is 1. The van der Waals surface area contributed by atoms with E-state index in [1.54, 1.807) is 0 Å². The molecule has 1 amide bonds. The molecule has 1 aromatic heterocycles. The molecule has 2 aromatic rings. The van der Waals surface area contributed by atoms with Crippen molar-refractivity contribution in [2.24, 2.45) is 0 Å². The average molecular weight is 249 g/mol. The number of benzene rings is 1. The second kappa shape index (κ2) is 3.77. The summed E-state index contributed by atoms with van der Waals surface area (Å²) in [7, 11) is 0. The largest absolute Gasteiger partial charge is 0.350 e. The van der Waals surface area contributed by atoms with Crippen molar-refractivity contribution in [1.82, 2.24) is 10.3 Å². The van der Waals surface area contributed by atoms with E-state index < -0.39 is 0 Å². The van der Waals surface area contributed by atoms with Gasteiger partial charge in [0.1, 0.15) is 5.69 Å². The highest BCUT2D eigenvalue weighted by Crippen LogP contribution is 2.26. The molecule has 0 radical (unpaired) electrons. The van der Waals surface area contributed by atoms with Gasteiger partial charge in [0.05, 0.1) is 0 Å². The summed E-state index contributed by atoms with van der Waals surface area (Å²) in [5, 5.41) is 4.68. The van der Waals surface area contributed by atoms with Gasteiger partial charge >= 0.3 is 0 Å². The van der Waals surface area contributed by atoms with Gasteiger partial charge in [-0.05, 0) is 43.5 Å². The van der Waals surface area contributed by atoms with E-state index in [2.05, 4.69) is 10.3 Å². The Bertz CT molecular complexity index is 599. The molecule has 1 fully saturated rings.